The number of halogens is 3. The van der Waals surface area contributed by atoms with Crippen LogP contribution < -0.4 is 43.6 Å². The molecule has 31 heteroatoms. The molecule has 3 amide bonds. The maximum atomic E-state index is 13.9. The summed E-state index contributed by atoms with van der Waals surface area (Å²) in [6.45, 7) is 31.7. The van der Waals surface area contributed by atoms with Crippen LogP contribution in [0.2, 0.25) is 0 Å². The maximum absolute atomic E-state index is 13.9. The summed E-state index contributed by atoms with van der Waals surface area (Å²) in [5, 5.41) is 36.1. The minimum Gasteiger partial charge on any atom is -0.462 e. The molecular formula is C104H122F3N21O7. The van der Waals surface area contributed by atoms with Crippen LogP contribution in [0.25, 0.3) is 32.3 Å². The van der Waals surface area contributed by atoms with Gasteiger partial charge in [0.15, 0.2) is 11.7 Å². The number of benzene rings is 6. The number of alkyl halides is 1. The third kappa shape index (κ3) is 20.3. The first-order valence-corrected chi connectivity index (χ1v) is 47.9. The highest BCUT2D eigenvalue weighted by molar-refractivity contribution is 5.99. The number of allylic oxidation sites excluding steroid dienone is 1. The molecule has 3 unspecified atom stereocenters. The topological polar surface area (TPSA) is 276 Å². The highest BCUT2D eigenvalue weighted by atomic mass is 19.1. The van der Waals surface area contributed by atoms with Crippen LogP contribution in [0, 0.1) is 54.8 Å². The lowest BCUT2D eigenvalue weighted by atomic mass is 9.96. The number of likely N-dealkylation sites (tertiary alicyclic amines) is 3. The molecule has 135 heavy (non-hydrogen) atoms. The van der Waals surface area contributed by atoms with E-state index in [1.165, 1.54) is 88.0 Å². The van der Waals surface area contributed by atoms with E-state index < -0.39 is 42.2 Å². The van der Waals surface area contributed by atoms with Crippen LogP contribution in [0.3, 0.4) is 0 Å². The molecule has 3 aromatic heterocycles. The molecule has 0 bridgehead atoms. The van der Waals surface area contributed by atoms with Crippen LogP contribution in [0.5, 0.6) is 18.0 Å². The van der Waals surface area contributed by atoms with Crippen molar-refractivity contribution in [1.82, 2.24) is 59.3 Å². The van der Waals surface area contributed by atoms with Gasteiger partial charge in [0, 0.05) is 179 Å². The minimum atomic E-state index is -1.01. The molecule has 7 fully saturated rings. The Kier molecular flexibility index (Phi) is 29.3. The van der Waals surface area contributed by atoms with Gasteiger partial charge in [-0.15, -0.1) is 0 Å². The number of amides is 3. The van der Waals surface area contributed by atoms with E-state index in [2.05, 4.69) is 226 Å². The largest absolute Gasteiger partial charge is 0.462 e. The molecule has 0 saturated carbocycles. The van der Waals surface area contributed by atoms with Crippen molar-refractivity contribution < 1.29 is 46.5 Å². The number of likely N-dealkylation sites (N-methyl/N-ethyl adjacent to an activating group) is 2. The van der Waals surface area contributed by atoms with Crippen molar-refractivity contribution in [3.63, 3.8) is 0 Å². The number of ether oxygens (including phenoxy) is 4. The van der Waals surface area contributed by atoms with Gasteiger partial charge in [0.2, 0.25) is 5.91 Å². The monoisotopic (exact) mass is 1830 g/mol. The van der Waals surface area contributed by atoms with E-state index >= 15 is 0 Å². The van der Waals surface area contributed by atoms with Crippen molar-refractivity contribution in [1.29, 1.82) is 15.8 Å². The number of hydrogen-bond donors (Lipinski definition) is 0. The summed E-state index contributed by atoms with van der Waals surface area (Å²) >= 11 is 0. The average molecular weight is 1840 g/mol. The summed E-state index contributed by atoms with van der Waals surface area (Å²) in [5.74, 6) is -1.41. The van der Waals surface area contributed by atoms with Crippen LogP contribution in [-0.4, -0.2) is 270 Å². The Bertz CT molecular complexity index is 6060. The number of carbonyl (C=O) groups is 3. The second-order valence-electron chi connectivity index (χ2n) is 37.4. The molecule has 10 aliphatic rings. The van der Waals surface area contributed by atoms with Crippen molar-refractivity contribution in [2.45, 2.75) is 173 Å². The lowest BCUT2D eigenvalue weighted by molar-refractivity contribution is -0.132. The van der Waals surface area contributed by atoms with Gasteiger partial charge in [-0.05, 0) is 163 Å². The summed E-state index contributed by atoms with van der Waals surface area (Å²) in [6.07, 6.45) is 11.5. The molecule has 6 aromatic carbocycles. The van der Waals surface area contributed by atoms with E-state index in [-0.39, 0.29) is 49.8 Å². The Balaban J connectivity index is 0.000000141. The Morgan fingerprint density at radius 1 is 0.496 bits per heavy atom. The van der Waals surface area contributed by atoms with Crippen molar-refractivity contribution in [2.24, 2.45) is 0 Å². The number of hydrogen-bond acceptors (Lipinski definition) is 25. The first kappa shape index (κ1) is 94.1. The fourth-order valence-electron chi connectivity index (χ4n) is 21.6. The van der Waals surface area contributed by atoms with Crippen LogP contribution >= 0.6 is 0 Å². The maximum Gasteiger partial charge on any atom is 0.318 e. The van der Waals surface area contributed by atoms with E-state index in [0.29, 0.717) is 121 Å². The van der Waals surface area contributed by atoms with E-state index in [9.17, 15) is 43.3 Å². The quantitative estimate of drug-likeness (QED) is 0.0508. The van der Waals surface area contributed by atoms with Gasteiger partial charge in [-0.25, -0.2) is 13.2 Å². The summed E-state index contributed by atoms with van der Waals surface area (Å²) in [5.41, 5.74) is 13.2. The molecule has 10 aliphatic heterocycles. The highest BCUT2D eigenvalue weighted by Gasteiger charge is 2.43. The molecule has 28 nitrogen and oxygen atoms in total. The number of nitriles is 3. The SMILES string of the molecule is C=C(F)C(=O)N1CCN(c2nc(OCC3(C)CCCN3C)nc3c2CCN(c2cccc4cccc(C)c24)C3)C[C@@H]1CC#N.C=C(F)C(=O)N1CCN(c2nc(OCC3CCN3C3CCOCC3)nc3c2CCN(c2cccc4cccc(C)c24)C3)C[C@@H]1CC#N.CCN1CCC1COc1nc2c(c(N3CCN(C(=O)/C=C/CF)[C@@H](CC#N)C3)n1)CCN(c1cccc3cccc(C)c13)C2. The number of rotatable bonds is 24. The van der Waals surface area contributed by atoms with Crippen molar-refractivity contribution in [3.8, 4) is 36.2 Å². The Morgan fingerprint density at radius 2 is 0.896 bits per heavy atom. The molecule has 19 rings (SSSR count). The van der Waals surface area contributed by atoms with Gasteiger partial charge in [-0.3, -0.25) is 29.1 Å². The van der Waals surface area contributed by atoms with Crippen molar-refractivity contribution >= 4 is 84.6 Å². The zero-order chi connectivity index (χ0) is 94.1. The lowest BCUT2D eigenvalue weighted by Gasteiger charge is -2.47. The van der Waals surface area contributed by atoms with E-state index in [0.717, 1.165) is 168 Å². The Labute approximate surface area is 788 Å². The number of nitrogens with zero attached hydrogens (tertiary/aromatic N) is 21. The lowest BCUT2D eigenvalue weighted by Crippen LogP contribution is -2.57. The summed E-state index contributed by atoms with van der Waals surface area (Å²) in [7, 11) is 2.13. The molecule has 0 radical (unpaired) electrons. The van der Waals surface area contributed by atoms with Gasteiger partial charge in [0.25, 0.3) is 11.8 Å². The van der Waals surface area contributed by atoms with Crippen LogP contribution in [0.15, 0.2) is 146 Å². The standard InChI is InChI=1S/C36H42FN7O3.2C34H40FN7O2/c1-24-5-3-6-26-7-4-8-32(33(24)26)41-15-11-30-31(22-41)39-36(47-23-29-10-16-43(29)27-12-19-46-20-13-27)40-34(30)42-17-18-44(35(45)25(2)37)28(21-42)9-14-38;1-23-8-5-9-25-10-6-11-29(30(23)25)40-17-13-27-28(21-40)37-33(44-22-34(3)14-7-16-39(34)4)38-31(27)41-18-19-42(32(43)24(2)35)26(20-41)12-15-36;1-3-39-17-13-27(39)23-44-34-37-29-22-40(30-10-5-9-25-8-4-7-24(2)32(25)30)18-14-28(29)33(38-34)41-19-20-42(26(21-41)12-16-36)31(43)11-6-15-35/h3-8,27-29H,2,9-13,15-23H2,1H3;5-6,8-11,26H,2,7,12-14,16-22H2,1,3-4H3;4-11,26-27H,3,12-15,17-23H2,1-2H3/b;;11-6+/t28-,29?;26-,34?;26-,27?/m000/s1. The first-order chi connectivity index (χ1) is 65.6. The molecule has 7 saturated heterocycles. The van der Waals surface area contributed by atoms with Gasteiger partial charge in [-0.1, -0.05) is 111 Å². The fraction of sp³-hybridized carbons (Fsp3) is 0.481. The molecule has 0 N–H and O–H groups in total. The van der Waals surface area contributed by atoms with Gasteiger partial charge in [0.05, 0.1) is 97.9 Å². The van der Waals surface area contributed by atoms with Crippen molar-refractivity contribution in [3.05, 3.63) is 197 Å². The minimum absolute atomic E-state index is 0.0874. The van der Waals surface area contributed by atoms with Crippen LogP contribution in [0.4, 0.5) is 47.7 Å². The summed E-state index contributed by atoms with van der Waals surface area (Å²) < 4.78 is 65.1. The first-order valence-electron chi connectivity index (χ1n) is 47.9. The average Bonchev–Trinajstić information content (AvgIpc) is 1.09. The second-order valence-corrected chi connectivity index (χ2v) is 37.4. The summed E-state index contributed by atoms with van der Waals surface area (Å²) in [6, 6.07) is 46.1. The third-order valence-corrected chi connectivity index (χ3v) is 29.3. The Morgan fingerprint density at radius 3 is 1.27 bits per heavy atom. The van der Waals surface area contributed by atoms with Gasteiger partial charge < -0.3 is 63.0 Å². The van der Waals surface area contributed by atoms with E-state index in [1.807, 2.05) is 0 Å². The molecular weight excluding hydrogens is 1710 g/mol. The number of aromatic nitrogens is 6. The fourth-order valence-corrected chi connectivity index (χ4v) is 21.6. The number of fused-ring (bicyclic) bond motifs is 6. The predicted octanol–water partition coefficient (Wildman–Crippen LogP) is 13.8. The van der Waals surface area contributed by atoms with E-state index in [4.69, 9.17) is 48.9 Å². The summed E-state index contributed by atoms with van der Waals surface area (Å²) in [4.78, 5) is 93.2. The van der Waals surface area contributed by atoms with E-state index in [1.54, 1.807) is 4.90 Å². The molecule has 706 valence electrons. The zero-order valence-electron chi connectivity index (χ0n) is 78.5. The molecule has 9 aromatic rings. The normalized spacial score (nSPS) is 21.6. The molecule has 13 heterocycles. The van der Waals surface area contributed by atoms with Gasteiger partial charge in [0.1, 0.15) is 43.9 Å². The Hall–Kier alpha value is -12.7. The van der Waals surface area contributed by atoms with Crippen LogP contribution in [-0.2, 0) is 58.0 Å². The molecule has 6 atom stereocenters. The molecule has 0 spiro atoms. The number of aryl methyl sites for hydroxylation is 3. The third-order valence-electron chi connectivity index (χ3n) is 29.3. The predicted molar refractivity (Wildman–Crippen MR) is 517 cm³/mol. The smallest absolute Gasteiger partial charge is 0.318 e. The van der Waals surface area contributed by atoms with Crippen molar-refractivity contribution in [2.75, 3.05) is 181 Å². The number of piperazine rings is 3. The van der Waals surface area contributed by atoms with Gasteiger partial charge in [-0.2, -0.15) is 45.7 Å². The number of anilines is 6. The second kappa shape index (κ2) is 42.0. The molecule has 0 aliphatic carbocycles. The van der Waals surface area contributed by atoms with Gasteiger partial charge >= 0.3 is 18.0 Å². The highest BCUT2D eigenvalue weighted by Crippen LogP contribution is 2.43. The van der Waals surface area contributed by atoms with Crippen LogP contribution in [0.1, 0.15) is 122 Å². The zero-order valence-corrected chi connectivity index (χ0v) is 78.5. The number of carbonyl (C=O) groups excluding carboxylic acids is 3.